The van der Waals surface area contributed by atoms with Crippen molar-refractivity contribution in [3.8, 4) is 0 Å². The lowest BCUT2D eigenvalue weighted by Gasteiger charge is -2.25. The Morgan fingerprint density at radius 1 is 1.35 bits per heavy atom. The number of benzene rings is 1. The number of aliphatic hydroxyl groups is 2. The van der Waals surface area contributed by atoms with E-state index < -0.39 is 6.10 Å². The second kappa shape index (κ2) is 5.63. The van der Waals surface area contributed by atoms with Gasteiger partial charge in [0.25, 0.3) is 0 Å². The van der Waals surface area contributed by atoms with Gasteiger partial charge in [-0.2, -0.15) is 0 Å². The number of hydrogen-bond donors (Lipinski definition) is 2. The van der Waals surface area contributed by atoms with Gasteiger partial charge in [-0.1, -0.05) is 24.3 Å². The molecule has 0 heterocycles. The van der Waals surface area contributed by atoms with Gasteiger partial charge in [-0.05, 0) is 30.9 Å². The summed E-state index contributed by atoms with van der Waals surface area (Å²) in [5, 5.41) is 19.3. The fourth-order valence-corrected chi connectivity index (χ4v) is 2.27. The summed E-state index contributed by atoms with van der Waals surface area (Å²) in [6.07, 6.45) is 1.93. The molecule has 1 aromatic carbocycles. The number of hydrogen-bond acceptors (Lipinski definition) is 3. The molecule has 0 saturated heterocycles. The van der Waals surface area contributed by atoms with Gasteiger partial charge in [-0.3, -0.25) is 4.90 Å². The Morgan fingerprint density at radius 2 is 2.06 bits per heavy atom. The normalized spacial score (nSPS) is 17.4. The van der Waals surface area contributed by atoms with E-state index in [1.54, 1.807) is 0 Å². The SMILES string of the molecule is Cc1ccccc1C(O)CN(CCO)C1CC1. The van der Waals surface area contributed by atoms with E-state index >= 15 is 0 Å². The van der Waals surface area contributed by atoms with Crippen molar-refractivity contribution in [1.29, 1.82) is 0 Å². The highest BCUT2D eigenvalue weighted by molar-refractivity contribution is 5.27. The van der Waals surface area contributed by atoms with E-state index in [0.29, 0.717) is 19.1 Å². The fraction of sp³-hybridized carbons (Fsp3) is 0.571. The van der Waals surface area contributed by atoms with Crippen molar-refractivity contribution < 1.29 is 10.2 Å². The van der Waals surface area contributed by atoms with Crippen LogP contribution in [0.4, 0.5) is 0 Å². The molecule has 17 heavy (non-hydrogen) atoms. The molecule has 2 rings (SSSR count). The van der Waals surface area contributed by atoms with E-state index in [4.69, 9.17) is 5.11 Å². The molecule has 2 N–H and O–H groups in total. The molecule has 1 aliphatic carbocycles. The van der Waals surface area contributed by atoms with Crippen LogP contribution >= 0.6 is 0 Å². The molecule has 1 aliphatic rings. The van der Waals surface area contributed by atoms with Crippen LogP contribution < -0.4 is 0 Å². The minimum Gasteiger partial charge on any atom is -0.395 e. The summed E-state index contributed by atoms with van der Waals surface area (Å²) in [6.45, 7) is 3.47. The molecular weight excluding hydrogens is 214 g/mol. The third-order valence-corrected chi connectivity index (χ3v) is 3.41. The van der Waals surface area contributed by atoms with Crippen molar-refractivity contribution in [2.45, 2.75) is 31.9 Å². The van der Waals surface area contributed by atoms with Crippen LogP contribution in [0.5, 0.6) is 0 Å². The Hall–Kier alpha value is -0.900. The molecule has 0 spiro atoms. The predicted molar refractivity (Wildman–Crippen MR) is 67.8 cm³/mol. The van der Waals surface area contributed by atoms with E-state index in [9.17, 15) is 5.11 Å². The van der Waals surface area contributed by atoms with E-state index in [2.05, 4.69) is 4.90 Å². The van der Waals surface area contributed by atoms with Crippen LogP contribution in [0.1, 0.15) is 30.1 Å². The molecule has 1 atom stereocenters. The van der Waals surface area contributed by atoms with Crippen molar-refractivity contribution in [2.24, 2.45) is 0 Å². The summed E-state index contributed by atoms with van der Waals surface area (Å²) >= 11 is 0. The van der Waals surface area contributed by atoms with Gasteiger partial charge in [0, 0.05) is 19.1 Å². The van der Waals surface area contributed by atoms with Crippen molar-refractivity contribution in [1.82, 2.24) is 4.90 Å². The first-order chi connectivity index (χ1) is 8.22. The van der Waals surface area contributed by atoms with E-state index in [-0.39, 0.29) is 6.61 Å². The molecule has 0 amide bonds. The van der Waals surface area contributed by atoms with Crippen LogP contribution in [0.25, 0.3) is 0 Å². The van der Waals surface area contributed by atoms with Crippen LogP contribution in [-0.2, 0) is 0 Å². The summed E-state index contributed by atoms with van der Waals surface area (Å²) in [4.78, 5) is 2.19. The molecule has 94 valence electrons. The first kappa shape index (κ1) is 12.6. The van der Waals surface area contributed by atoms with Gasteiger partial charge in [0.15, 0.2) is 0 Å². The summed E-state index contributed by atoms with van der Waals surface area (Å²) in [5.41, 5.74) is 2.12. The quantitative estimate of drug-likeness (QED) is 0.785. The van der Waals surface area contributed by atoms with Crippen molar-refractivity contribution in [3.63, 3.8) is 0 Å². The number of nitrogens with zero attached hydrogens (tertiary/aromatic N) is 1. The number of aliphatic hydroxyl groups excluding tert-OH is 2. The van der Waals surface area contributed by atoms with Gasteiger partial charge >= 0.3 is 0 Å². The zero-order valence-corrected chi connectivity index (χ0v) is 10.3. The van der Waals surface area contributed by atoms with Crippen molar-refractivity contribution in [2.75, 3.05) is 19.7 Å². The first-order valence-electron chi connectivity index (χ1n) is 6.31. The molecule has 1 fully saturated rings. The van der Waals surface area contributed by atoms with E-state index in [0.717, 1.165) is 11.1 Å². The fourth-order valence-electron chi connectivity index (χ4n) is 2.27. The first-order valence-corrected chi connectivity index (χ1v) is 6.31. The smallest absolute Gasteiger partial charge is 0.0919 e. The summed E-state index contributed by atoms with van der Waals surface area (Å²) in [5.74, 6) is 0. The second-order valence-corrected chi connectivity index (χ2v) is 4.82. The largest absolute Gasteiger partial charge is 0.395 e. The Balaban J connectivity index is 1.99. The standard InChI is InChI=1S/C14H21NO2/c1-11-4-2-3-5-13(11)14(17)10-15(8-9-16)12-6-7-12/h2-5,12,14,16-17H,6-10H2,1H3. The monoisotopic (exact) mass is 235 g/mol. The zero-order valence-electron chi connectivity index (χ0n) is 10.3. The lowest BCUT2D eigenvalue weighted by atomic mass is 10.0. The molecule has 3 nitrogen and oxygen atoms in total. The maximum absolute atomic E-state index is 10.3. The highest BCUT2D eigenvalue weighted by Crippen LogP contribution is 2.29. The maximum atomic E-state index is 10.3. The van der Waals surface area contributed by atoms with Crippen molar-refractivity contribution >= 4 is 0 Å². The third kappa shape index (κ3) is 3.28. The highest BCUT2D eigenvalue weighted by Gasteiger charge is 2.30. The third-order valence-electron chi connectivity index (χ3n) is 3.41. The van der Waals surface area contributed by atoms with Crippen LogP contribution in [0.2, 0.25) is 0 Å². The Bertz CT molecular complexity index is 363. The zero-order chi connectivity index (χ0) is 12.3. The summed E-state index contributed by atoms with van der Waals surface area (Å²) in [7, 11) is 0. The molecule has 1 unspecified atom stereocenters. The molecule has 0 aromatic heterocycles. The lowest BCUT2D eigenvalue weighted by Crippen LogP contribution is -2.33. The Morgan fingerprint density at radius 3 is 2.65 bits per heavy atom. The summed E-state index contributed by atoms with van der Waals surface area (Å²) < 4.78 is 0. The predicted octanol–water partition coefficient (Wildman–Crippen LogP) is 1.49. The van der Waals surface area contributed by atoms with Crippen LogP contribution in [0.3, 0.4) is 0 Å². The van der Waals surface area contributed by atoms with Crippen LogP contribution in [0, 0.1) is 6.92 Å². The van der Waals surface area contributed by atoms with Gasteiger partial charge in [0.2, 0.25) is 0 Å². The molecule has 1 saturated carbocycles. The molecule has 0 aliphatic heterocycles. The Labute approximate surface area is 103 Å². The average Bonchev–Trinajstić information content (AvgIpc) is 3.12. The maximum Gasteiger partial charge on any atom is 0.0919 e. The molecule has 1 aromatic rings. The van der Waals surface area contributed by atoms with E-state index in [1.807, 2.05) is 31.2 Å². The molecule has 0 bridgehead atoms. The van der Waals surface area contributed by atoms with Gasteiger partial charge in [-0.25, -0.2) is 0 Å². The summed E-state index contributed by atoms with van der Waals surface area (Å²) in [6, 6.07) is 8.51. The Kier molecular flexibility index (Phi) is 4.15. The van der Waals surface area contributed by atoms with Crippen molar-refractivity contribution in [3.05, 3.63) is 35.4 Å². The number of aryl methyl sites for hydroxylation is 1. The van der Waals surface area contributed by atoms with Crippen LogP contribution in [0.15, 0.2) is 24.3 Å². The van der Waals surface area contributed by atoms with Gasteiger partial charge < -0.3 is 10.2 Å². The average molecular weight is 235 g/mol. The minimum absolute atomic E-state index is 0.164. The second-order valence-electron chi connectivity index (χ2n) is 4.82. The van der Waals surface area contributed by atoms with Gasteiger partial charge in [0.05, 0.1) is 12.7 Å². The topological polar surface area (TPSA) is 43.7 Å². The van der Waals surface area contributed by atoms with E-state index in [1.165, 1.54) is 12.8 Å². The highest BCUT2D eigenvalue weighted by atomic mass is 16.3. The molecule has 3 heteroatoms. The van der Waals surface area contributed by atoms with Crippen LogP contribution in [-0.4, -0.2) is 40.9 Å². The molecular formula is C14H21NO2. The van der Waals surface area contributed by atoms with Gasteiger partial charge in [0.1, 0.15) is 0 Å². The molecule has 0 radical (unpaired) electrons. The number of rotatable bonds is 6. The van der Waals surface area contributed by atoms with Gasteiger partial charge in [-0.15, -0.1) is 0 Å². The lowest BCUT2D eigenvalue weighted by molar-refractivity contribution is 0.0949. The minimum atomic E-state index is -0.455.